The number of aromatic nitrogens is 5. The van der Waals surface area contributed by atoms with Gasteiger partial charge in [-0.2, -0.15) is 5.10 Å². The third-order valence-electron chi connectivity index (χ3n) is 8.79. The van der Waals surface area contributed by atoms with E-state index in [1.807, 2.05) is 13.1 Å². The van der Waals surface area contributed by atoms with Crippen LogP contribution in [0.3, 0.4) is 0 Å². The number of nitrogens with zero attached hydrogens (tertiary/aromatic N) is 6. The van der Waals surface area contributed by atoms with Crippen molar-refractivity contribution in [3.63, 3.8) is 0 Å². The molecule has 2 aliphatic rings. The van der Waals surface area contributed by atoms with E-state index in [4.69, 9.17) is 39.9 Å². The maximum atomic E-state index is 13.6. The molecule has 0 spiro atoms. The number of amides is 1. The molecule has 3 heterocycles. The molecule has 1 saturated heterocycles. The molecule has 3 atom stereocenters. The van der Waals surface area contributed by atoms with Crippen LogP contribution >= 0.6 is 34.8 Å². The second-order valence-electron chi connectivity index (χ2n) is 11.4. The van der Waals surface area contributed by atoms with Crippen LogP contribution < -0.4 is 0 Å². The van der Waals surface area contributed by atoms with Gasteiger partial charge in [-0.05, 0) is 69.2 Å². The van der Waals surface area contributed by atoms with E-state index in [0.717, 1.165) is 49.4 Å². The Kier molecular flexibility index (Phi) is 7.88. The van der Waals surface area contributed by atoms with Gasteiger partial charge < -0.3 is 4.90 Å². The smallest absolute Gasteiger partial charge is 0.223 e. The van der Waals surface area contributed by atoms with E-state index >= 15 is 0 Å². The molecule has 41 heavy (non-hydrogen) atoms. The standard InChI is InChI=1S/C31H33Cl3N6O/c1-18-7-9-21(10-8-18)15-39-20(3)24(19(2)36-39)11-12-29(41)38-16-22-5-4-6-28(38)30(22)27-17-40(37-35-27)31-25(33)13-23(32)14-26(31)34/h7-10,13-14,17,22,28,30H,4-6,11-12,15-16H2,1-3H3. The van der Waals surface area contributed by atoms with Crippen molar-refractivity contribution in [1.82, 2.24) is 29.7 Å². The number of halogens is 3. The van der Waals surface area contributed by atoms with Crippen LogP contribution in [0, 0.1) is 26.7 Å². The minimum Gasteiger partial charge on any atom is -0.339 e. The third-order valence-corrected chi connectivity index (χ3v) is 9.58. The summed E-state index contributed by atoms with van der Waals surface area (Å²) in [4.78, 5) is 15.8. The van der Waals surface area contributed by atoms with E-state index < -0.39 is 0 Å². The molecule has 2 bridgehead atoms. The fraction of sp³-hybridized carbons (Fsp3) is 0.419. The van der Waals surface area contributed by atoms with Gasteiger partial charge in [0.2, 0.25) is 5.91 Å². The number of rotatable bonds is 7. The zero-order chi connectivity index (χ0) is 28.8. The molecule has 1 aliphatic carbocycles. The number of hydrogen-bond donors (Lipinski definition) is 0. The fourth-order valence-corrected chi connectivity index (χ4v) is 7.70. The Morgan fingerprint density at radius 1 is 1.02 bits per heavy atom. The summed E-state index contributed by atoms with van der Waals surface area (Å²) in [5.74, 6) is 0.706. The molecule has 2 aromatic carbocycles. The number of benzene rings is 2. The van der Waals surface area contributed by atoms with Gasteiger partial charge in [-0.1, -0.05) is 76.3 Å². The lowest BCUT2D eigenvalue weighted by Crippen LogP contribution is -2.37. The van der Waals surface area contributed by atoms with E-state index in [2.05, 4.69) is 58.0 Å². The number of likely N-dealkylation sites (tertiary alicyclic amines) is 1. The molecule has 7 nitrogen and oxygen atoms in total. The topological polar surface area (TPSA) is 68.8 Å². The second-order valence-corrected chi connectivity index (χ2v) is 12.7. The quantitative estimate of drug-likeness (QED) is 0.223. The predicted octanol–water partition coefficient (Wildman–Crippen LogP) is 7.12. The first kappa shape index (κ1) is 28.3. The molecule has 2 fully saturated rings. The number of carbonyl (C=O) groups excluding carboxylic acids is 1. The van der Waals surface area contributed by atoms with E-state index in [9.17, 15) is 4.79 Å². The lowest BCUT2D eigenvalue weighted by molar-refractivity contribution is -0.132. The molecule has 2 aromatic heterocycles. The van der Waals surface area contributed by atoms with Crippen LogP contribution in [0.15, 0.2) is 42.6 Å². The first-order chi connectivity index (χ1) is 19.7. The van der Waals surface area contributed by atoms with Crippen molar-refractivity contribution in [2.75, 3.05) is 6.54 Å². The largest absolute Gasteiger partial charge is 0.339 e. The Morgan fingerprint density at radius 2 is 1.76 bits per heavy atom. The van der Waals surface area contributed by atoms with Crippen LogP contribution in [0.25, 0.3) is 5.69 Å². The number of fused-ring (bicyclic) bond motifs is 2. The van der Waals surface area contributed by atoms with Crippen molar-refractivity contribution in [2.45, 2.75) is 71.4 Å². The molecule has 1 saturated carbocycles. The van der Waals surface area contributed by atoms with Crippen LogP contribution in [-0.2, 0) is 17.8 Å². The highest BCUT2D eigenvalue weighted by Gasteiger charge is 2.47. The highest BCUT2D eigenvalue weighted by atomic mass is 35.5. The summed E-state index contributed by atoms with van der Waals surface area (Å²) in [5.41, 5.74) is 7.19. The molecule has 0 N–H and O–H groups in total. The Bertz CT molecular complexity index is 1570. The van der Waals surface area contributed by atoms with Crippen molar-refractivity contribution in [3.05, 3.63) is 91.4 Å². The van der Waals surface area contributed by atoms with Gasteiger partial charge in [0, 0.05) is 35.6 Å². The van der Waals surface area contributed by atoms with Gasteiger partial charge in [-0.25, -0.2) is 4.68 Å². The van der Waals surface area contributed by atoms with E-state index in [-0.39, 0.29) is 17.9 Å². The summed E-state index contributed by atoms with van der Waals surface area (Å²) in [7, 11) is 0. The van der Waals surface area contributed by atoms with Crippen LogP contribution in [0.1, 0.15) is 65.4 Å². The summed E-state index contributed by atoms with van der Waals surface area (Å²) in [6, 6.07) is 12.0. The Balaban J connectivity index is 1.16. The average Bonchev–Trinajstić information content (AvgIpc) is 3.56. The molecule has 1 amide bonds. The lowest BCUT2D eigenvalue weighted by Gasteiger charge is -2.30. The molecule has 10 heteroatoms. The predicted molar refractivity (Wildman–Crippen MR) is 162 cm³/mol. The minimum atomic E-state index is 0.119. The van der Waals surface area contributed by atoms with Gasteiger partial charge in [-0.3, -0.25) is 9.48 Å². The zero-order valence-corrected chi connectivity index (χ0v) is 25.7. The molecule has 3 unspecified atom stereocenters. The normalized spacial score (nSPS) is 20.1. The van der Waals surface area contributed by atoms with Crippen LogP contribution in [0.2, 0.25) is 15.1 Å². The zero-order valence-electron chi connectivity index (χ0n) is 23.4. The highest BCUT2D eigenvalue weighted by molar-refractivity contribution is 6.40. The van der Waals surface area contributed by atoms with Crippen molar-refractivity contribution >= 4 is 40.7 Å². The molecule has 0 radical (unpaired) electrons. The maximum absolute atomic E-state index is 13.6. The fourth-order valence-electron chi connectivity index (χ4n) is 6.71. The van der Waals surface area contributed by atoms with Gasteiger partial charge in [-0.15, -0.1) is 5.10 Å². The van der Waals surface area contributed by atoms with Gasteiger partial charge in [0.15, 0.2) is 0 Å². The van der Waals surface area contributed by atoms with Gasteiger partial charge in [0.05, 0.1) is 34.2 Å². The number of carbonyl (C=O) groups is 1. The van der Waals surface area contributed by atoms with Gasteiger partial charge >= 0.3 is 0 Å². The van der Waals surface area contributed by atoms with Crippen molar-refractivity contribution in [1.29, 1.82) is 0 Å². The average molecular weight is 612 g/mol. The third kappa shape index (κ3) is 5.52. The molecule has 1 aliphatic heterocycles. The first-order valence-corrected chi connectivity index (χ1v) is 15.3. The monoisotopic (exact) mass is 610 g/mol. The number of hydrogen-bond acceptors (Lipinski definition) is 4. The van der Waals surface area contributed by atoms with Crippen LogP contribution in [0.5, 0.6) is 0 Å². The van der Waals surface area contributed by atoms with Crippen LogP contribution in [0.4, 0.5) is 0 Å². The molecule has 6 rings (SSSR count). The minimum absolute atomic E-state index is 0.119. The van der Waals surface area contributed by atoms with Crippen LogP contribution in [-0.4, -0.2) is 48.2 Å². The summed E-state index contributed by atoms with van der Waals surface area (Å²) in [6.07, 6.45) is 6.21. The summed E-state index contributed by atoms with van der Waals surface area (Å²) < 4.78 is 3.68. The van der Waals surface area contributed by atoms with Crippen molar-refractivity contribution in [3.8, 4) is 5.69 Å². The Labute approximate surface area is 255 Å². The van der Waals surface area contributed by atoms with Gasteiger partial charge in [0.1, 0.15) is 5.69 Å². The molecular formula is C31H33Cl3N6O. The summed E-state index contributed by atoms with van der Waals surface area (Å²) >= 11 is 19.0. The molecule has 4 aromatic rings. The lowest BCUT2D eigenvalue weighted by atomic mass is 9.78. The molecule has 214 valence electrons. The highest BCUT2D eigenvalue weighted by Crippen LogP contribution is 2.46. The van der Waals surface area contributed by atoms with E-state index in [1.165, 1.54) is 16.7 Å². The SMILES string of the molecule is Cc1ccc(Cn2nc(C)c(CCC(=O)N3CC4CCCC3C4c3cn(-c4c(Cl)cc(Cl)cc4Cl)nn3)c2C)cc1. The summed E-state index contributed by atoms with van der Waals surface area (Å²) in [6.45, 7) is 7.73. The first-order valence-electron chi connectivity index (χ1n) is 14.1. The Hall–Kier alpha value is -2.87. The van der Waals surface area contributed by atoms with Gasteiger partial charge in [0.25, 0.3) is 0 Å². The maximum Gasteiger partial charge on any atom is 0.223 e. The Morgan fingerprint density at radius 3 is 2.49 bits per heavy atom. The number of aryl methyl sites for hydroxylation is 2. The van der Waals surface area contributed by atoms with Crippen molar-refractivity contribution in [2.24, 2.45) is 5.92 Å². The molecular weight excluding hydrogens is 579 g/mol. The van der Waals surface area contributed by atoms with E-state index in [0.29, 0.717) is 39.5 Å². The second kappa shape index (κ2) is 11.4. The van der Waals surface area contributed by atoms with Crippen molar-refractivity contribution < 1.29 is 4.79 Å². The van der Waals surface area contributed by atoms with E-state index in [1.54, 1.807) is 16.8 Å². The summed E-state index contributed by atoms with van der Waals surface area (Å²) in [5, 5.41) is 15.0.